The van der Waals surface area contributed by atoms with Crippen LogP contribution in [0.1, 0.15) is 24.5 Å². The zero-order chi connectivity index (χ0) is 13.7. The molecule has 0 aliphatic rings. The van der Waals surface area contributed by atoms with Crippen LogP contribution in [0.3, 0.4) is 0 Å². The number of nitrogens with zero attached hydrogens (tertiary/aromatic N) is 2. The molecule has 1 unspecified atom stereocenters. The number of aryl methyl sites for hydroxylation is 2. The molecule has 3 heteroatoms. The maximum absolute atomic E-state index is 9.04. The second kappa shape index (κ2) is 6.30. The van der Waals surface area contributed by atoms with E-state index in [1.165, 1.54) is 11.1 Å². The van der Waals surface area contributed by atoms with Gasteiger partial charge in [-0.3, -0.25) is 0 Å². The van der Waals surface area contributed by atoms with E-state index in [9.17, 15) is 0 Å². The monoisotopic (exact) mass is 246 g/mol. The molecule has 1 rings (SSSR count). The summed E-state index contributed by atoms with van der Waals surface area (Å²) in [5.41, 5.74) is 3.51. The number of ether oxygens (including phenoxy) is 1. The number of benzene rings is 1. The first-order valence-corrected chi connectivity index (χ1v) is 6.29. The van der Waals surface area contributed by atoms with E-state index in [2.05, 4.69) is 36.9 Å². The first kappa shape index (κ1) is 14.4. The standard InChI is InChI=1S/C15H22N2O/c1-6-13(9-16)10-17(4)14-7-11(2)12(3)8-15(14)18-5/h7-8,13H,6,10H2,1-5H3. The van der Waals surface area contributed by atoms with E-state index in [0.29, 0.717) is 0 Å². The van der Waals surface area contributed by atoms with Crippen LogP contribution in [0.2, 0.25) is 0 Å². The van der Waals surface area contributed by atoms with Gasteiger partial charge in [0.05, 0.1) is 24.8 Å². The molecule has 0 saturated carbocycles. The van der Waals surface area contributed by atoms with Crippen LogP contribution >= 0.6 is 0 Å². The molecule has 0 bridgehead atoms. The number of rotatable bonds is 5. The van der Waals surface area contributed by atoms with Gasteiger partial charge in [-0.1, -0.05) is 6.92 Å². The average Bonchev–Trinajstić information content (AvgIpc) is 2.38. The molecule has 98 valence electrons. The maximum Gasteiger partial charge on any atom is 0.142 e. The predicted octanol–water partition coefficient (Wildman–Crippen LogP) is 3.30. The van der Waals surface area contributed by atoms with E-state index in [4.69, 9.17) is 10.00 Å². The second-order valence-corrected chi connectivity index (χ2v) is 4.72. The summed E-state index contributed by atoms with van der Waals surface area (Å²) in [4.78, 5) is 2.10. The first-order chi connectivity index (χ1) is 8.53. The van der Waals surface area contributed by atoms with Crippen LogP contribution < -0.4 is 9.64 Å². The zero-order valence-corrected chi connectivity index (χ0v) is 11.9. The van der Waals surface area contributed by atoms with Gasteiger partial charge in [0.2, 0.25) is 0 Å². The average molecular weight is 246 g/mol. The van der Waals surface area contributed by atoms with Gasteiger partial charge in [-0.25, -0.2) is 0 Å². The van der Waals surface area contributed by atoms with E-state index in [1.807, 2.05) is 14.0 Å². The van der Waals surface area contributed by atoms with E-state index in [1.54, 1.807) is 7.11 Å². The summed E-state index contributed by atoms with van der Waals surface area (Å²) in [6, 6.07) is 6.51. The quantitative estimate of drug-likeness (QED) is 0.799. The molecule has 1 atom stereocenters. The Hall–Kier alpha value is -1.69. The van der Waals surface area contributed by atoms with Gasteiger partial charge in [-0.15, -0.1) is 0 Å². The molecule has 0 spiro atoms. The van der Waals surface area contributed by atoms with Crippen molar-refractivity contribution in [2.75, 3.05) is 25.6 Å². The molecule has 0 aliphatic carbocycles. The Morgan fingerprint density at radius 1 is 1.33 bits per heavy atom. The summed E-state index contributed by atoms with van der Waals surface area (Å²) >= 11 is 0. The van der Waals surface area contributed by atoms with Crippen LogP contribution in [-0.4, -0.2) is 20.7 Å². The van der Waals surface area contributed by atoms with Crippen molar-refractivity contribution in [3.05, 3.63) is 23.3 Å². The molecular formula is C15H22N2O. The molecule has 0 N–H and O–H groups in total. The number of methoxy groups -OCH3 is 1. The van der Waals surface area contributed by atoms with Crippen LogP contribution in [-0.2, 0) is 0 Å². The largest absolute Gasteiger partial charge is 0.495 e. The lowest BCUT2D eigenvalue weighted by Crippen LogP contribution is -2.25. The Labute approximate surface area is 110 Å². The number of hydrogen-bond donors (Lipinski definition) is 0. The predicted molar refractivity (Wildman–Crippen MR) is 75.1 cm³/mol. The van der Waals surface area contributed by atoms with E-state index in [0.717, 1.165) is 24.4 Å². The van der Waals surface area contributed by atoms with Crippen molar-refractivity contribution in [3.8, 4) is 11.8 Å². The van der Waals surface area contributed by atoms with Crippen LogP contribution in [0.5, 0.6) is 5.75 Å². The third kappa shape index (κ3) is 3.16. The molecule has 1 aromatic carbocycles. The summed E-state index contributed by atoms with van der Waals surface area (Å²) < 4.78 is 5.43. The fourth-order valence-electron chi connectivity index (χ4n) is 1.93. The van der Waals surface area contributed by atoms with Crippen molar-refractivity contribution in [2.45, 2.75) is 27.2 Å². The maximum atomic E-state index is 9.04. The molecule has 3 nitrogen and oxygen atoms in total. The highest BCUT2D eigenvalue weighted by Gasteiger charge is 2.14. The van der Waals surface area contributed by atoms with Crippen molar-refractivity contribution in [3.63, 3.8) is 0 Å². The Morgan fingerprint density at radius 2 is 1.94 bits per heavy atom. The van der Waals surface area contributed by atoms with E-state index in [-0.39, 0.29) is 5.92 Å². The molecule has 18 heavy (non-hydrogen) atoms. The van der Waals surface area contributed by atoms with Gasteiger partial charge in [0, 0.05) is 13.6 Å². The highest BCUT2D eigenvalue weighted by molar-refractivity contribution is 5.61. The Balaban J connectivity index is 3.01. The molecule has 0 aromatic heterocycles. The summed E-state index contributed by atoms with van der Waals surface area (Å²) in [5, 5.41) is 9.04. The minimum absolute atomic E-state index is 0.0568. The molecule has 0 fully saturated rings. The highest BCUT2D eigenvalue weighted by Crippen LogP contribution is 2.31. The van der Waals surface area contributed by atoms with Crippen molar-refractivity contribution >= 4 is 5.69 Å². The van der Waals surface area contributed by atoms with Gasteiger partial charge in [-0.2, -0.15) is 5.26 Å². The first-order valence-electron chi connectivity index (χ1n) is 6.29. The molecule has 1 aromatic rings. The van der Waals surface area contributed by atoms with Crippen LogP contribution in [0.25, 0.3) is 0 Å². The minimum Gasteiger partial charge on any atom is -0.495 e. The smallest absolute Gasteiger partial charge is 0.142 e. The molecular weight excluding hydrogens is 224 g/mol. The third-order valence-corrected chi connectivity index (χ3v) is 3.38. The Morgan fingerprint density at radius 3 is 2.44 bits per heavy atom. The van der Waals surface area contributed by atoms with Crippen LogP contribution in [0.4, 0.5) is 5.69 Å². The molecule has 0 heterocycles. The summed E-state index contributed by atoms with van der Waals surface area (Å²) in [6.45, 7) is 6.94. The van der Waals surface area contributed by atoms with E-state index < -0.39 is 0 Å². The summed E-state index contributed by atoms with van der Waals surface area (Å²) in [5.74, 6) is 0.926. The van der Waals surface area contributed by atoms with E-state index >= 15 is 0 Å². The third-order valence-electron chi connectivity index (χ3n) is 3.38. The fraction of sp³-hybridized carbons (Fsp3) is 0.533. The van der Waals surface area contributed by atoms with Gasteiger partial charge in [-0.05, 0) is 43.5 Å². The minimum atomic E-state index is 0.0568. The molecule has 0 radical (unpaired) electrons. The summed E-state index contributed by atoms with van der Waals surface area (Å²) in [6.07, 6.45) is 0.869. The van der Waals surface area contributed by atoms with Crippen molar-refractivity contribution in [1.82, 2.24) is 0 Å². The molecule has 0 aliphatic heterocycles. The summed E-state index contributed by atoms with van der Waals surface area (Å²) in [7, 11) is 3.69. The van der Waals surface area contributed by atoms with Crippen molar-refractivity contribution in [2.24, 2.45) is 5.92 Å². The lowest BCUT2D eigenvalue weighted by Gasteiger charge is -2.24. The van der Waals surface area contributed by atoms with Gasteiger partial charge >= 0.3 is 0 Å². The van der Waals surface area contributed by atoms with Crippen LogP contribution in [0, 0.1) is 31.1 Å². The lowest BCUT2D eigenvalue weighted by molar-refractivity contribution is 0.414. The Bertz CT molecular complexity index is 449. The number of hydrogen-bond acceptors (Lipinski definition) is 3. The lowest BCUT2D eigenvalue weighted by atomic mass is 10.1. The Kier molecular flexibility index (Phi) is 5.03. The van der Waals surface area contributed by atoms with Gasteiger partial charge < -0.3 is 9.64 Å². The number of anilines is 1. The van der Waals surface area contributed by atoms with Gasteiger partial charge in [0.1, 0.15) is 5.75 Å². The van der Waals surface area contributed by atoms with Crippen LogP contribution in [0.15, 0.2) is 12.1 Å². The number of nitriles is 1. The van der Waals surface area contributed by atoms with Crippen molar-refractivity contribution < 1.29 is 4.74 Å². The van der Waals surface area contributed by atoms with Gasteiger partial charge in [0.25, 0.3) is 0 Å². The van der Waals surface area contributed by atoms with Gasteiger partial charge in [0.15, 0.2) is 0 Å². The SMILES string of the molecule is CCC(C#N)CN(C)c1cc(C)c(C)cc1OC. The fourth-order valence-corrected chi connectivity index (χ4v) is 1.93. The molecule has 0 saturated heterocycles. The highest BCUT2D eigenvalue weighted by atomic mass is 16.5. The second-order valence-electron chi connectivity index (χ2n) is 4.72. The topological polar surface area (TPSA) is 36.3 Å². The van der Waals surface area contributed by atoms with Crippen molar-refractivity contribution in [1.29, 1.82) is 5.26 Å². The normalized spacial score (nSPS) is 11.8. The molecule has 0 amide bonds. The zero-order valence-electron chi connectivity index (χ0n) is 11.9.